The van der Waals surface area contributed by atoms with Gasteiger partial charge in [-0.15, -0.1) is 0 Å². The summed E-state index contributed by atoms with van der Waals surface area (Å²) in [7, 11) is 0. The number of aryl methyl sites for hydroxylation is 1. The molecule has 0 amide bonds. The van der Waals surface area contributed by atoms with Crippen LogP contribution in [0.2, 0.25) is 0 Å². The summed E-state index contributed by atoms with van der Waals surface area (Å²) < 4.78 is 3.84. The molecule has 126 valence electrons. The van der Waals surface area contributed by atoms with Crippen LogP contribution in [0.25, 0.3) is 0 Å². The summed E-state index contributed by atoms with van der Waals surface area (Å²) in [5.41, 5.74) is 3.94. The standard InChI is InChI=1S/C18H23N5O/c24-18-6-5-16(14-3-4-14)20-23(18)11-13-9-21(10-13)12-15-8-19-22-7-1-2-17(15)22/h5-6,8,13-14H,1-4,7,9-12H2. The summed E-state index contributed by atoms with van der Waals surface area (Å²) in [5.74, 6) is 1.13. The summed E-state index contributed by atoms with van der Waals surface area (Å²) >= 11 is 0. The van der Waals surface area contributed by atoms with Gasteiger partial charge in [0.2, 0.25) is 0 Å². The molecule has 2 aromatic heterocycles. The summed E-state index contributed by atoms with van der Waals surface area (Å²) in [6, 6.07) is 3.59. The van der Waals surface area contributed by atoms with E-state index in [1.807, 2.05) is 12.3 Å². The Hall–Kier alpha value is -1.95. The van der Waals surface area contributed by atoms with Gasteiger partial charge in [0.15, 0.2) is 0 Å². The normalized spacial score (nSPS) is 21.0. The highest BCUT2D eigenvalue weighted by Gasteiger charge is 2.30. The lowest BCUT2D eigenvalue weighted by molar-refractivity contribution is 0.0762. The smallest absolute Gasteiger partial charge is 0.266 e. The van der Waals surface area contributed by atoms with E-state index in [2.05, 4.69) is 19.8 Å². The predicted octanol–water partition coefficient (Wildman–Crippen LogP) is 1.40. The minimum absolute atomic E-state index is 0.0345. The Morgan fingerprint density at radius 3 is 2.92 bits per heavy atom. The van der Waals surface area contributed by atoms with Crippen LogP contribution >= 0.6 is 0 Å². The molecule has 6 nitrogen and oxygen atoms in total. The fraction of sp³-hybridized carbons (Fsp3) is 0.611. The van der Waals surface area contributed by atoms with Crippen molar-refractivity contribution in [3.05, 3.63) is 45.6 Å². The van der Waals surface area contributed by atoms with E-state index in [0.29, 0.717) is 11.8 Å². The molecule has 0 atom stereocenters. The van der Waals surface area contributed by atoms with Crippen molar-refractivity contribution in [2.24, 2.45) is 5.92 Å². The van der Waals surface area contributed by atoms with Crippen LogP contribution in [0.1, 0.15) is 42.1 Å². The summed E-state index contributed by atoms with van der Waals surface area (Å²) in [4.78, 5) is 14.5. The first kappa shape index (κ1) is 14.4. The van der Waals surface area contributed by atoms with Gasteiger partial charge in [-0.05, 0) is 31.7 Å². The molecule has 0 aromatic carbocycles. The van der Waals surface area contributed by atoms with Crippen molar-refractivity contribution >= 4 is 0 Å². The quantitative estimate of drug-likeness (QED) is 0.834. The first-order valence-corrected chi connectivity index (χ1v) is 9.10. The predicted molar refractivity (Wildman–Crippen MR) is 89.8 cm³/mol. The third-order valence-corrected chi connectivity index (χ3v) is 5.56. The minimum atomic E-state index is 0.0345. The van der Waals surface area contributed by atoms with E-state index in [0.717, 1.165) is 38.4 Å². The van der Waals surface area contributed by atoms with Crippen molar-refractivity contribution in [3.63, 3.8) is 0 Å². The maximum Gasteiger partial charge on any atom is 0.266 e. The van der Waals surface area contributed by atoms with E-state index >= 15 is 0 Å². The molecule has 4 heterocycles. The molecular weight excluding hydrogens is 302 g/mol. The van der Waals surface area contributed by atoms with E-state index < -0.39 is 0 Å². The van der Waals surface area contributed by atoms with E-state index in [9.17, 15) is 4.79 Å². The van der Waals surface area contributed by atoms with Gasteiger partial charge in [0, 0.05) is 55.3 Å². The number of hydrogen-bond donors (Lipinski definition) is 0. The summed E-state index contributed by atoms with van der Waals surface area (Å²) in [5, 5.41) is 9.05. The highest BCUT2D eigenvalue weighted by atomic mass is 16.1. The summed E-state index contributed by atoms with van der Waals surface area (Å²) in [6.07, 6.45) is 6.87. The second-order valence-corrected chi connectivity index (χ2v) is 7.56. The Labute approximate surface area is 141 Å². The van der Waals surface area contributed by atoms with Crippen molar-refractivity contribution < 1.29 is 0 Å². The zero-order valence-corrected chi connectivity index (χ0v) is 13.9. The molecule has 0 radical (unpaired) electrons. The Bertz CT molecular complexity index is 813. The number of rotatable bonds is 5. The van der Waals surface area contributed by atoms with E-state index in [1.165, 1.54) is 36.9 Å². The third-order valence-electron chi connectivity index (χ3n) is 5.56. The number of fused-ring (bicyclic) bond motifs is 1. The molecule has 0 N–H and O–H groups in total. The molecular formula is C18H23N5O. The fourth-order valence-electron chi connectivity index (χ4n) is 4.06. The van der Waals surface area contributed by atoms with Crippen LogP contribution in [0.3, 0.4) is 0 Å². The second-order valence-electron chi connectivity index (χ2n) is 7.56. The van der Waals surface area contributed by atoms with Crippen LogP contribution in [-0.4, -0.2) is 37.6 Å². The van der Waals surface area contributed by atoms with Gasteiger partial charge < -0.3 is 0 Å². The minimum Gasteiger partial charge on any atom is -0.298 e. The highest BCUT2D eigenvalue weighted by Crippen LogP contribution is 2.38. The highest BCUT2D eigenvalue weighted by molar-refractivity contribution is 5.20. The molecule has 1 saturated carbocycles. The van der Waals surface area contributed by atoms with E-state index in [4.69, 9.17) is 0 Å². The first-order chi connectivity index (χ1) is 11.8. The maximum atomic E-state index is 12.0. The van der Waals surface area contributed by atoms with Gasteiger partial charge in [-0.25, -0.2) is 4.68 Å². The van der Waals surface area contributed by atoms with Crippen LogP contribution in [-0.2, 0) is 26.1 Å². The molecule has 1 aliphatic carbocycles. The molecule has 2 fully saturated rings. The van der Waals surface area contributed by atoms with Crippen LogP contribution in [0.4, 0.5) is 0 Å². The monoisotopic (exact) mass is 325 g/mol. The van der Waals surface area contributed by atoms with E-state index in [1.54, 1.807) is 10.7 Å². The van der Waals surface area contributed by atoms with Crippen molar-refractivity contribution in [2.75, 3.05) is 13.1 Å². The van der Waals surface area contributed by atoms with Gasteiger partial charge in [0.25, 0.3) is 5.56 Å². The topological polar surface area (TPSA) is 56.0 Å². The van der Waals surface area contributed by atoms with Crippen LogP contribution in [0.15, 0.2) is 23.1 Å². The number of likely N-dealkylation sites (tertiary alicyclic amines) is 1. The average Bonchev–Trinajstić information content (AvgIpc) is 3.16. The number of aromatic nitrogens is 4. The number of nitrogens with zero attached hydrogens (tertiary/aromatic N) is 5. The third kappa shape index (κ3) is 2.59. The molecule has 0 spiro atoms. The molecule has 24 heavy (non-hydrogen) atoms. The average molecular weight is 325 g/mol. The van der Waals surface area contributed by atoms with Crippen molar-refractivity contribution in [3.8, 4) is 0 Å². The Kier molecular flexibility index (Phi) is 3.33. The van der Waals surface area contributed by atoms with Gasteiger partial charge in [-0.2, -0.15) is 10.2 Å². The largest absolute Gasteiger partial charge is 0.298 e. The molecule has 0 bridgehead atoms. The molecule has 6 heteroatoms. The van der Waals surface area contributed by atoms with Crippen LogP contribution in [0.5, 0.6) is 0 Å². The van der Waals surface area contributed by atoms with Crippen LogP contribution < -0.4 is 5.56 Å². The van der Waals surface area contributed by atoms with Crippen LogP contribution in [0, 0.1) is 5.92 Å². The second kappa shape index (κ2) is 5.55. The lowest BCUT2D eigenvalue weighted by Gasteiger charge is -2.39. The van der Waals surface area contributed by atoms with Crippen molar-refractivity contribution in [2.45, 2.75) is 51.2 Å². The number of hydrogen-bond acceptors (Lipinski definition) is 4. The molecule has 2 aliphatic heterocycles. The zero-order chi connectivity index (χ0) is 16.1. The van der Waals surface area contributed by atoms with Gasteiger partial charge >= 0.3 is 0 Å². The SMILES string of the molecule is O=c1ccc(C2CC2)nn1CC1CN(Cc2cnn3c2CCC3)C1. The Morgan fingerprint density at radius 1 is 1.21 bits per heavy atom. The molecule has 2 aromatic rings. The molecule has 3 aliphatic rings. The van der Waals surface area contributed by atoms with E-state index in [-0.39, 0.29) is 5.56 Å². The molecule has 1 saturated heterocycles. The van der Waals surface area contributed by atoms with Gasteiger partial charge in [-0.1, -0.05) is 0 Å². The lowest BCUT2D eigenvalue weighted by atomic mass is 9.99. The maximum absolute atomic E-state index is 12.0. The van der Waals surface area contributed by atoms with Crippen molar-refractivity contribution in [1.82, 2.24) is 24.5 Å². The van der Waals surface area contributed by atoms with Gasteiger partial charge in [-0.3, -0.25) is 14.4 Å². The molecule has 5 rings (SSSR count). The lowest BCUT2D eigenvalue weighted by Crippen LogP contribution is -2.49. The Balaban J connectivity index is 1.20. The molecule has 0 unspecified atom stereocenters. The van der Waals surface area contributed by atoms with Gasteiger partial charge in [0.05, 0.1) is 18.4 Å². The van der Waals surface area contributed by atoms with Crippen molar-refractivity contribution in [1.29, 1.82) is 0 Å². The Morgan fingerprint density at radius 2 is 2.08 bits per heavy atom. The zero-order valence-electron chi connectivity index (χ0n) is 13.9. The first-order valence-electron chi connectivity index (χ1n) is 9.10. The fourth-order valence-corrected chi connectivity index (χ4v) is 4.06. The van der Waals surface area contributed by atoms with Gasteiger partial charge in [0.1, 0.15) is 0 Å². The summed E-state index contributed by atoms with van der Waals surface area (Å²) in [6.45, 7) is 4.92.